The minimum absolute atomic E-state index is 1.06. The number of para-hydroxylation sites is 4. The van der Waals surface area contributed by atoms with E-state index in [-0.39, 0.29) is 0 Å². The molecular formula is C58H39N3S. The van der Waals surface area contributed by atoms with Crippen LogP contribution in [0.5, 0.6) is 0 Å². The van der Waals surface area contributed by atoms with Crippen LogP contribution in [0.4, 0.5) is 34.1 Å². The van der Waals surface area contributed by atoms with E-state index in [1.54, 1.807) is 0 Å². The topological polar surface area (TPSA) is 11.4 Å². The first kappa shape index (κ1) is 36.0. The van der Waals surface area contributed by atoms with Crippen molar-refractivity contribution in [3.63, 3.8) is 0 Å². The van der Waals surface area contributed by atoms with E-state index >= 15 is 0 Å². The van der Waals surface area contributed by atoms with Crippen LogP contribution >= 0.6 is 11.3 Å². The molecule has 0 unspecified atom stereocenters. The summed E-state index contributed by atoms with van der Waals surface area (Å²) < 4.78 is 5.02. The Morgan fingerprint density at radius 3 is 1.61 bits per heavy atom. The molecule has 0 bridgehead atoms. The minimum atomic E-state index is 1.06. The first-order valence-electron chi connectivity index (χ1n) is 21.1. The van der Waals surface area contributed by atoms with Gasteiger partial charge >= 0.3 is 0 Å². The van der Waals surface area contributed by atoms with Gasteiger partial charge in [-0.3, -0.25) is 0 Å². The Morgan fingerprint density at radius 2 is 0.903 bits per heavy atom. The molecule has 2 heterocycles. The van der Waals surface area contributed by atoms with Crippen molar-refractivity contribution in [3.05, 3.63) is 237 Å². The van der Waals surface area contributed by atoms with Crippen LogP contribution in [0.3, 0.4) is 0 Å². The lowest BCUT2D eigenvalue weighted by Gasteiger charge is -2.30. The van der Waals surface area contributed by atoms with E-state index in [9.17, 15) is 0 Å². The molecule has 0 N–H and O–H groups in total. The van der Waals surface area contributed by atoms with Crippen molar-refractivity contribution in [2.75, 3.05) is 9.80 Å². The summed E-state index contributed by atoms with van der Waals surface area (Å²) in [6.45, 7) is 0. The van der Waals surface area contributed by atoms with E-state index in [0.29, 0.717) is 0 Å². The SMILES string of the molecule is c1ccc(-c2cccc(-n3c4ccccc4c4c(N(c5ccccc5)c5ccccc5)cc(N(c5ccccc5)c5ccc6c(c5)sc5cc7ccccc7cc56)cc43)c2)cc1. The second-order valence-corrected chi connectivity index (χ2v) is 16.9. The fourth-order valence-electron chi connectivity index (χ4n) is 9.29. The van der Waals surface area contributed by atoms with Crippen molar-refractivity contribution in [3.8, 4) is 16.8 Å². The third kappa shape index (κ3) is 6.11. The molecule has 62 heavy (non-hydrogen) atoms. The van der Waals surface area contributed by atoms with Gasteiger partial charge in [0.2, 0.25) is 0 Å². The standard InChI is InChI=1S/C58H39N3S/c1-5-18-40(19-6-1)41-22-17-29-47(34-41)61-53-31-16-15-30-51(53)58-54(60(45-25-9-3-10-26-45)46-27-11-4-12-28-46)37-49(38-55(58)61)59(44-23-7-2-8-24-44)48-32-33-50-52-35-42-20-13-14-21-43(42)36-56(52)62-57(50)39-48/h1-39H. The Balaban J connectivity index is 1.17. The number of rotatable bonds is 8. The van der Waals surface area contributed by atoms with Crippen LogP contribution in [-0.4, -0.2) is 4.57 Å². The number of benzene rings is 10. The molecule has 0 fully saturated rings. The van der Waals surface area contributed by atoms with Gasteiger partial charge in [0.1, 0.15) is 0 Å². The zero-order valence-electron chi connectivity index (χ0n) is 33.8. The highest BCUT2D eigenvalue weighted by molar-refractivity contribution is 7.26. The van der Waals surface area contributed by atoms with Crippen molar-refractivity contribution in [1.29, 1.82) is 0 Å². The second-order valence-electron chi connectivity index (χ2n) is 15.8. The molecule has 0 aliphatic carbocycles. The molecule has 12 rings (SSSR count). The van der Waals surface area contributed by atoms with E-state index in [2.05, 4.69) is 251 Å². The summed E-state index contributed by atoms with van der Waals surface area (Å²) in [4.78, 5) is 4.85. The number of aromatic nitrogens is 1. The van der Waals surface area contributed by atoms with E-state index in [4.69, 9.17) is 0 Å². The summed E-state index contributed by atoms with van der Waals surface area (Å²) in [6.07, 6.45) is 0. The van der Waals surface area contributed by atoms with Crippen molar-refractivity contribution >= 4 is 98.2 Å². The fraction of sp³-hybridized carbons (Fsp3) is 0. The van der Waals surface area contributed by atoms with Gasteiger partial charge in [0.25, 0.3) is 0 Å². The zero-order chi connectivity index (χ0) is 41.0. The highest BCUT2D eigenvalue weighted by atomic mass is 32.1. The summed E-state index contributed by atoms with van der Waals surface area (Å²) in [5.74, 6) is 0. The number of fused-ring (bicyclic) bond motifs is 7. The summed E-state index contributed by atoms with van der Waals surface area (Å²) in [5, 5.41) is 7.49. The summed E-state index contributed by atoms with van der Waals surface area (Å²) in [7, 11) is 0. The van der Waals surface area contributed by atoms with Gasteiger partial charge in [-0.25, -0.2) is 0 Å². The molecular weight excluding hydrogens is 771 g/mol. The van der Waals surface area contributed by atoms with Gasteiger partial charge in [-0.05, 0) is 113 Å². The molecule has 0 saturated carbocycles. The largest absolute Gasteiger partial charge is 0.310 e. The van der Waals surface area contributed by atoms with Crippen LogP contribution in [0.1, 0.15) is 0 Å². The smallest absolute Gasteiger partial charge is 0.0583 e. The van der Waals surface area contributed by atoms with Gasteiger partial charge in [0.05, 0.1) is 22.4 Å². The van der Waals surface area contributed by atoms with Gasteiger partial charge < -0.3 is 14.4 Å². The molecule has 0 spiro atoms. The lowest BCUT2D eigenvalue weighted by molar-refractivity contribution is 1.17. The Morgan fingerprint density at radius 1 is 0.323 bits per heavy atom. The molecule has 0 amide bonds. The van der Waals surface area contributed by atoms with E-state index < -0.39 is 0 Å². The van der Waals surface area contributed by atoms with Crippen LogP contribution in [0.15, 0.2) is 237 Å². The molecule has 0 saturated heterocycles. The Labute approximate surface area is 364 Å². The molecule has 0 atom stereocenters. The Bertz CT molecular complexity index is 3540. The lowest BCUT2D eigenvalue weighted by atomic mass is 10.0. The minimum Gasteiger partial charge on any atom is -0.310 e. The third-order valence-corrected chi connectivity index (χ3v) is 13.2. The third-order valence-electron chi connectivity index (χ3n) is 12.1. The van der Waals surface area contributed by atoms with Crippen molar-refractivity contribution < 1.29 is 0 Å². The molecule has 3 nitrogen and oxygen atoms in total. The number of hydrogen-bond donors (Lipinski definition) is 0. The maximum atomic E-state index is 2.46. The molecule has 0 radical (unpaired) electrons. The average Bonchev–Trinajstić information content (AvgIpc) is 3.87. The quantitative estimate of drug-likeness (QED) is 0.151. The number of anilines is 6. The Hall–Kier alpha value is -7.92. The molecule has 2 aromatic heterocycles. The van der Waals surface area contributed by atoms with Crippen LogP contribution < -0.4 is 9.80 Å². The van der Waals surface area contributed by atoms with Crippen molar-refractivity contribution in [2.45, 2.75) is 0 Å². The van der Waals surface area contributed by atoms with Gasteiger partial charge in [-0.15, -0.1) is 11.3 Å². The van der Waals surface area contributed by atoms with E-state index in [0.717, 1.165) is 50.8 Å². The molecule has 4 heteroatoms. The number of hydrogen-bond acceptors (Lipinski definition) is 3. The van der Waals surface area contributed by atoms with Crippen LogP contribution in [0, 0.1) is 0 Å². The van der Waals surface area contributed by atoms with Crippen LogP contribution in [0.25, 0.3) is 69.6 Å². The van der Waals surface area contributed by atoms with Crippen molar-refractivity contribution in [2.24, 2.45) is 0 Å². The molecule has 10 aromatic carbocycles. The van der Waals surface area contributed by atoms with Crippen LogP contribution in [-0.2, 0) is 0 Å². The summed E-state index contributed by atoms with van der Waals surface area (Å²) >= 11 is 1.87. The molecule has 0 aliphatic rings. The van der Waals surface area contributed by atoms with Gasteiger partial charge in [0.15, 0.2) is 0 Å². The Kier molecular flexibility index (Phi) is 8.68. The highest BCUT2D eigenvalue weighted by Crippen LogP contribution is 2.49. The van der Waals surface area contributed by atoms with E-state index in [1.807, 2.05) is 11.3 Å². The predicted octanol–water partition coefficient (Wildman–Crippen LogP) is 16.9. The van der Waals surface area contributed by atoms with Crippen LogP contribution in [0.2, 0.25) is 0 Å². The normalized spacial score (nSPS) is 11.5. The molecule has 292 valence electrons. The second kappa shape index (κ2) is 15.0. The first-order chi connectivity index (χ1) is 30.7. The number of thiophene rings is 1. The predicted molar refractivity (Wildman–Crippen MR) is 266 cm³/mol. The molecule has 12 aromatic rings. The first-order valence-corrected chi connectivity index (χ1v) is 21.9. The highest BCUT2D eigenvalue weighted by Gasteiger charge is 2.25. The molecule has 0 aliphatic heterocycles. The van der Waals surface area contributed by atoms with Gasteiger partial charge in [0, 0.05) is 59.4 Å². The summed E-state index contributed by atoms with van der Waals surface area (Å²) in [6, 6.07) is 86.0. The summed E-state index contributed by atoms with van der Waals surface area (Å²) in [5.41, 5.74) is 12.3. The van der Waals surface area contributed by atoms with E-state index in [1.165, 1.54) is 52.8 Å². The fourth-order valence-corrected chi connectivity index (χ4v) is 10.5. The monoisotopic (exact) mass is 809 g/mol. The van der Waals surface area contributed by atoms with Gasteiger partial charge in [-0.2, -0.15) is 0 Å². The maximum Gasteiger partial charge on any atom is 0.0583 e. The zero-order valence-corrected chi connectivity index (χ0v) is 34.6. The maximum absolute atomic E-state index is 2.46. The van der Waals surface area contributed by atoms with Gasteiger partial charge in [-0.1, -0.05) is 146 Å². The van der Waals surface area contributed by atoms with Crippen molar-refractivity contribution in [1.82, 2.24) is 4.57 Å². The average molecular weight is 810 g/mol. The number of nitrogens with zero attached hydrogens (tertiary/aromatic N) is 3. The lowest BCUT2D eigenvalue weighted by Crippen LogP contribution is -2.14.